The normalized spacial score (nSPS) is 10.7. The van der Waals surface area contributed by atoms with Crippen molar-refractivity contribution in [2.75, 3.05) is 11.9 Å². The monoisotopic (exact) mass is 439 g/mol. The van der Waals surface area contributed by atoms with Crippen LogP contribution in [0.25, 0.3) is 10.2 Å². The minimum Gasteiger partial charge on any atom is -0.489 e. The van der Waals surface area contributed by atoms with Gasteiger partial charge >= 0.3 is 5.97 Å². The minimum atomic E-state index is -0.382. The molecule has 2 aromatic carbocycles. The van der Waals surface area contributed by atoms with Crippen molar-refractivity contribution in [2.24, 2.45) is 0 Å². The van der Waals surface area contributed by atoms with Gasteiger partial charge in [0.25, 0.3) is 0 Å². The molecule has 1 N–H and O–H groups in total. The van der Waals surface area contributed by atoms with Crippen LogP contribution in [0.5, 0.6) is 5.75 Å². The average molecular weight is 440 g/mol. The molecule has 8 heteroatoms. The Labute approximate surface area is 182 Å². The number of ether oxygens (including phenoxy) is 2. The number of thiophene rings is 1. The van der Waals surface area contributed by atoms with Crippen LogP contribution in [0.1, 0.15) is 22.8 Å². The molecule has 0 atom stereocenters. The van der Waals surface area contributed by atoms with Crippen LogP contribution >= 0.6 is 22.9 Å². The summed E-state index contributed by atoms with van der Waals surface area (Å²) in [5.41, 5.74) is 2.31. The molecule has 0 aliphatic carbocycles. The fourth-order valence-electron chi connectivity index (χ4n) is 2.85. The van der Waals surface area contributed by atoms with Crippen molar-refractivity contribution in [3.63, 3.8) is 0 Å². The number of nitrogens with one attached hydrogen (secondary N) is 1. The van der Waals surface area contributed by atoms with Gasteiger partial charge in [0.1, 0.15) is 29.3 Å². The summed E-state index contributed by atoms with van der Waals surface area (Å²) in [4.78, 5) is 21.5. The van der Waals surface area contributed by atoms with Crippen LogP contribution in [0, 0.1) is 0 Å². The molecular formula is C22H18ClN3O3S. The van der Waals surface area contributed by atoms with Gasteiger partial charge in [-0.3, -0.25) is 0 Å². The molecule has 0 saturated carbocycles. The molecule has 0 aliphatic heterocycles. The van der Waals surface area contributed by atoms with Crippen molar-refractivity contribution in [3.05, 3.63) is 76.4 Å². The van der Waals surface area contributed by atoms with Crippen LogP contribution in [0.4, 0.5) is 11.5 Å². The van der Waals surface area contributed by atoms with Crippen LogP contribution in [0.3, 0.4) is 0 Å². The summed E-state index contributed by atoms with van der Waals surface area (Å²) >= 11 is 7.28. The number of hydrogen-bond acceptors (Lipinski definition) is 7. The van der Waals surface area contributed by atoms with E-state index in [-0.39, 0.29) is 5.97 Å². The maximum Gasteiger partial charge on any atom is 0.339 e. The van der Waals surface area contributed by atoms with Gasteiger partial charge in [0.05, 0.1) is 17.6 Å². The van der Waals surface area contributed by atoms with Gasteiger partial charge in [-0.25, -0.2) is 14.8 Å². The second-order valence-electron chi connectivity index (χ2n) is 6.34. The molecule has 30 heavy (non-hydrogen) atoms. The fourth-order valence-corrected chi connectivity index (χ4v) is 3.85. The van der Waals surface area contributed by atoms with Gasteiger partial charge in [0.2, 0.25) is 0 Å². The topological polar surface area (TPSA) is 73.3 Å². The Morgan fingerprint density at radius 2 is 1.87 bits per heavy atom. The van der Waals surface area contributed by atoms with Gasteiger partial charge in [-0.05, 0) is 48.9 Å². The van der Waals surface area contributed by atoms with E-state index in [1.165, 1.54) is 17.7 Å². The zero-order valence-corrected chi connectivity index (χ0v) is 17.7. The molecule has 0 saturated heterocycles. The second kappa shape index (κ2) is 9.11. The van der Waals surface area contributed by atoms with Crippen molar-refractivity contribution in [1.29, 1.82) is 0 Å². The quantitative estimate of drug-likeness (QED) is 0.364. The first kappa shape index (κ1) is 20.1. The van der Waals surface area contributed by atoms with Gasteiger partial charge in [0.15, 0.2) is 0 Å². The van der Waals surface area contributed by atoms with Crippen molar-refractivity contribution in [1.82, 2.24) is 9.97 Å². The standard InChI is InChI=1S/C22H18ClN3O3S/c1-2-28-22(27)18-12-30-21-19(18)20(24-13-25-21)26-16-7-9-17(10-8-16)29-11-14-3-5-15(23)6-4-14/h3-10,12-13H,2,11H2,1H3,(H,24,25,26). The summed E-state index contributed by atoms with van der Waals surface area (Å²) in [6.07, 6.45) is 1.47. The van der Waals surface area contributed by atoms with E-state index in [9.17, 15) is 4.79 Å². The Kier molecular flexibility index (Phi) is 6.11. The van der Waals surface area contributed by atoms with Gasteiger partial charge in [-0.1, -0.05) is 23.7 Å². The predicted molar refractivity (Wildman–Crippen MR) is 119 cm³/mol. The minimum absolute atomic E-state index is 0.310. The Hall–Kier alpha value is -3.16. The number of nitrogens with zero attached hydrogens (tertiary/aromatic N) is 2. The first-order valence-electron chi connectivity index (χ1n) is 9.27. The Balaban J connectivity index is 1.49. The predicted octanol–water partition coefficient (Wildman–Crippen LogP) is 5.84. The molecule has 0 aliphatic rings. The smallest absolute Gasteiger partial charge is 0.339 e. The second-order valence-corrected chi connectivity index (χ2v) is 7.63. The molecule has 4 aromatic rings. The molecule has 0 bridgehead atoms. The number of halogens is 1. The zero-order valence-electron chi connectivity index (χ0n) is 16.1. The molecule has 0 radical (unpaired) electrons. The number of anilines is 2. The molecular weight excluding hydrogens is 422 g/mol. The highest BCUT2D eigenvalue weighted by atomic mass is 35.5. The first-order chi connectivity index (χ1) is 14.6. The van der Waals surface area contributed by atoms with E-state index in [0.29, 0.717) is 35.0 Å². The van der Waals surface area contributed by atoms with Crippen LogP contribution in [-0.2, 0) is 11.3 Å². The summed E-state index contributed by atoms with van der Waals surface area (Å²) in [7, 11) is 0. The van der Waals surface area contributed by atoms with Crippen molar-refractivity contribution in [3.8, 4) is 5.75 Å². The molecule has 4 rings (SSSR count). The molecule has 0 fully saturated rings. The first-order valence-corrected chi connectivity index (χ1v) is 10.5. The van der Waals surface area contributed by atoms with Crippen LogP contribution in [-0.4, -0.2) is 22.5 Å². The number of esters is 1. The molecule has 6 nitrogen and oxygen atoms in total. The number of carbonyl (C=O) groups is 1. The molecule has 2 heterocycles. The largest absolute Gasteiger partial charge is 0.489 e. The highest BCUT2D eigenvalue weighted by Gasteiger charge is 2.18. The number of hydrogen-bond donors (Lipinski definition) is 1. The highest BCUT2D eigenvalue weighted by Crippen LogP contribution is 2.31. The van der Waals surface area contributed by atoms with Crippen LogP contribution in [0.2, 0.25) is 5.02 Å². The highest BCUT2D eigenvalue weighted by molar-refractivity contribution is 7.17. The van der Waals surface area contributed by atoms with E-state index in [0.717, 1.165) is 21.8 Å². The summed E-state index contributed by atoms with van der Waals surface area (Å²) in [5, 5.41) is 6.36. The van der Waals surface area contributed by atoms with Gasteiger partial charge in [-0.15, -0.1) is 11.3 Å². The van der Waals surface area contributed by atoms with E-state index >= 15 is 0 Å². The Morgan fingerprint density at radius 1 is 1.10 bits per heavy atom. The molecule has 0 unspecified atom stereocenters. The third kappa shape index (κ3) is 4.53. The number of aromatic nitrogens is 2. The number of rotatable bonds is 7. The van der Waals surface area contributed by atoms with Crippen molar-refractivity contribution in [2.45, 2.75) is 13.5 Å². The Bertz CT molecular complexity index is 1160. The van der Waals surface area contributed by atoms with Crippen LogP contribution < -0.4 is 10.1 Å². The lowest BCUT2D eigenvalue weighted by atomic mass is 10.2. The zero-order chi connectivity index (χ0) is 20.9. The van der Waals surface area contributed by atoms with E-state index < -0.39 is 0 Å². The maximum atomic E-state index is 12.3. The lowest BCUT2D eigenvalue weighted by molar-refractivity contribution is 0.0529. The number of carbonyl (C=O) groups excluding carboxylic acids is 1. The van der Waals surface area contributed by atoms with Crippen molar-refractivity contribution < 1.29 is 14.3 Å². The average Bonchev–Trinajstić information content (AvgIpc) is 3.20. The number of fused-ring (bicyclic) bond motifs is 1. The fraction of sp³-hybridized carbons (Fsp3) is 0.136. The summed E-state index contributed by atoms with van der Waals surface area (Å²) in [5.74, 6) is 0.915. The summed E-state index contributed by atoms with van der Waals surface area (Å²) in [6, 6.07) is 15.1. The lowest BCUT2D eigenvalue weighted by Gasteiger charge is -2.10. The molecule has 0 spiro atoms. The van der Waals surface area contributed by atoms with E-state index in [2.05, 4.69) is 15.3 Å². The maximum absolute atomic E-state index is 12.3. The van der Waals surface area contributed by atoms with Gasteiger partial charge < -0.3 is 14.8 Å². The van der Waals surface area contributed by atoms with Crippen molar-refractivity contribution >= 4 is 50.6 Å². The summed E-state index contributed by atoms with van der Waals surface area (Å²) < 4.78 is 11.0. The molecule has 2 aromatic heterocycles. The molecule has 152 valence electrons. The van der Waals surface area contributed by atoms with Crippen LogP contribution in [0.15, 0.2) is 60.2 Å². The summed E-state index contributed by atoms with van der Waals surface area (Å²) in [6.45, 7) is 2.54. The third-order valence-electron chi connectivity index (χ3n) is 4.30. The van der Waals surface area contributed by atoms with Gasteiger partial charge in [0, 0.05) is 16.1 Å². The Morgan fingerprint density at radius 3 is 2.60 bits per heavy atom. The van der Waals surface area contributed by atoms with E-state index in [4.69, 9.17) is 21.1 Å². The number of benzene rings is 2. The SMILES string of the molecule is CCOC(=O)c1csc2ncnc(Nc3ccc(OCc4ccc(Cl)cc4)cc3)c12. The molecule has 0 amide bonds. The lowest BCUT2D eigenvalue weighted by Crippen LogP contribution is -2.05. The van der Waals surface area contributed by atoms with E-state index in [1.54, 1.807) is 12.3 Å². The van der Waals surface area contributed by atoms with Gasteiger partial charge in [-0.2, -0.15) is 0 Å². The van der Waals surface area contributed by atoms with E-state index in [1.807, 2.05) is 48.5 Å². The third-order valence-corrected chi connectivity index (χ3v) is 5.44.